The predicted molar refractivity (Wildman–Crippen MR) is 89.2 cm³/mol. The van der Waals surface area contributed by atoms with E-state index >= 15 is 0 Å². The number of aryl methyl sites for hydroxylation is 1. The molecule has 2 aromatic heterocycles. The van der Waals surface area contributed by atoms with Crippen LogP contribution in [0.4, 0.5) is 11.5 Å². The molecule has 0 radical (unpaired) electrons. The van der Waals surface area contributed by atoms with Gasteiger partial charge in [-0.3, -0.25) is 4.98 Å². The first-order chi connectivity index (χ1) is 10.3. The zero-order chi connectivity index (χ0) is 16.1. The van der Waals surface area contributed by atoms with E-state index in [0.29, 0.717) is 16.7 Å². The van der Waals surface area contributed by atoms with Crippen molar-refractivity contribution in [2.75, 3.05) is 17.2 Å². The number of nitrogens with zero attached hydrogens (tertiary/aromatic N) is 4. The summed E-state index contributed by atoms with van der Waals surface area (Å²) in [6, 6.07) is 2.00. The first-order valence-electron chi connectivity index (χ1n) is 7.28. The maximum atomic E-state index is 6.22. The zero-order valence-corrected chi connectivity index (χ0v) is 14.1. The maximum absolute atomic E-state index is 6.22. The van der Waals surface area contributed by atoms with Gasteiger partial charge >= 0.3 is 0 Å². The summed E-state index contributed by atoms with van der Waals surface area (Å²) in [6.07, 6.45) is 1.73. The van der Waals surface area contributed by atoms with Crippen molar-refractivity contribution in [3.63, 3.8) is 0 Å². The number of pyridine rings is 1. The predicted octanol–water partition coefficient (Wildman–Crippen LogP) is 3.02. The lowest BCUT2D eigenvalue weighted by Gasteiger charge is -2.40. The summed E-state index contributed by atoms with van der Waals surface area (Å²) in [5.41, 5.74) is 9.66. The lowest BCUT2D eigenvalue weighted by molar-refractivity contribution is 0.459. The van der Waals surface area contributed by atoms with Crippen LogP contribution in [-0.2, 0) is 12.0 Å². The molecule has 0 spiro atoms. The minimum atomic E-state index is -0.0843. The van der Waals surface area contributed by atoms with E-state index in [1.165, 1.54) is 0 Å². The molecule has 1 aliphatic heterocycles. The van der Waals surface area contributed by atoms with Gasteiger partial charge in [-0.1, -0.05) is 25.4 Å². The fourth-order valence-electron chi connectivity index (χ4n) is 3.11. The molecule has 2 aromatic rings. The molecule has 0 bridgehead atoms. The van der Waals surface area contributed by atoms with E-state index in [4.69, 9.17) is 17.3 Å². The van der Waals surface area contributed by atoms with E-state index in [-0.39, 0.29) is 5.41 Å². The Morgan fingerprint density at radius 2 is 2.00 bits per heavy atom. The van der Waals surface area contributed by atoms with Crippen molar-refractivity contribution >= 4 is 23.1 Å². The molecular weight excluding hydrogens is 298 g/mol. The number of fused-ring (bicyclic) bond motifs is 1. The molecule has 0 saturated heterocycles. The molecule has 116 valence electrons. The first-order valence-corrected chi connectivity index (χ1v) is 7.66. The van der Waals surface area contributed by atoms with Crippen molar-refractivity contribution in [2.24, 2.45) is 0 Å². The smallest absolute Gasteiger partial charge is 0.137 e. The van der Waals surface area contributed by atoms with Gasteiger partial charge in [0.25, 0.3) is 0 Å². The molecule has 3 heterocycles. The van der Waals surface area contributed by atoms with Crippen LogP contribution in [0.25, 0.3) is 0 Å². The molecule has 3 rings (SSSR count). The Hall–Kier alpha value is -1.88. The average molecular weight is 318 g/mol. The molecule has 2 N–H and O–H groups in total. The molecule has 0 fully saturated rings. The summed E-state index contributed by atoms with van der Waals surface area (Å²) in [5.74, 6) is 1.57. The molecule has 0 amide bonds. The number of hydrogen-bond donors (Lipinski definition) is 1. The van der Waals surface area contributed by atoms with Gasteiger partial charge in [0, 0.05) is 24.1 Å². The van der Waals surface area contributed by atoms with Crippen LogP contribution in [0.15, 0.2) is 12.3 Å². The second kappa shape index (κ2) is 5.09. The topological polar surface area (TPSA) is 67.9 Å². The molecule has 0 aromatic carbocycles. The fourth-order valence-corrected chi connectivity index (χ4v) is 3.32. The van der Waals surface area contributed by atoms with Crippen LogP contribution in [0.3, 0.4) is 0 Å². The molecule has 6 heteroatoms. The third-order valence-corrected chi connectivity index (χ3v) is 4.42. The Kier molecular flexibility index (Phi) is 3.48. The first kappa shape index (κ1) is 15.0. The lowest BCUT2D eigenvalue weighted by atomic mass is 9.82. The Morgan fingerprint density at radius 3 is 2.73 bits per heavy atom. The number of rotatable bonds is 1. The summed E-state index contributed by atoms with van der Waals surface area (Å²) < 4.78 is 0. The summed E-state index contributed by atoms with van der Waals surface area (Å²) in [7, 11) is 0. The van der Waals surface area contributed by atoms with Gasteiger partial charge in [0.1, 0.15) is 16.8 Å². The van der Waals surface area contributed by atoms with Gasteiger partial charge in [-0.05, 0) is 25.5 Å². The van der Waals surface area contributed by atoms with E-state index < -0.39 is 0 Å². The number of aromatic nitrogens is 3. The lowest BCUT2D eigenvalue weighted by Crippen LogP contribution is -2.43. The largest absolute Gasteiger partial charge is 0.397 e. The number of halogens is 1. The normalized spacial score (nSPS) is 16.5. The van der Waals surface area contributed by atoms with Crippen LogP contribution in [0.5, 0.6) is 0 Å². The molecule has 22 heavy (non-hydrogen) atoms. The third kappa shape index (κ3) is 2.50. The zero-order valence-electron chi connectivity index (χ0n) is 13.3. The monoisotopic (exact) mass is 317 g/mol. The third-order valence-electron chi connectivity index (χ3n) is 4.05. The van der Waals surface area contributed by atoms with E-state index in [0.717, 1.165) is 35.7 Å². The minimum Gasteiger partial charge on any atom is -0.397 e. The molecular formula is C16H20ClN5. The Balaban J connectivity index is 2.09. The number of nitrogen functional groups attached to an aromatic ring is 1. The second-order valence-electron chi connectivity index (χ2n) is 6.53. The highest BCUT2D eigenvalue weighted by atomic mass is 35.5. The summed E-state index contributed by atoms with van der Waals surface area (Å²) in [6.45, 7) is 9.74. The Morgan fingerprint density at radius 1 is 1.27 bits per heavy atom. The van der Waals surface area contributed by atoms with Gasteiger partial charge in [0.05, 0.1) is 17.6 Å². The Bertz CT molecular complexity index is 742. The van der Waals surface area contributed by atoms with Gasteiger partial charge in [0.2, 0.25) is 0 Å². The summed E-state index contributed by atoms with van der Waals surface area (Å²) in [4.78, 5) is 15.6. The van der Waals surface area contributed by atoms with Crippen LogP contribution in [0, 0.1) is 13.8 Å². The molecule has 0 aliphatic carbocycles. The summed E-state index contributed by atoms with van der Waals surface area (Å²) in [5, 5.41) is 0.511. The van der Waals surface area contributed by atoms with Gasteiger partial charge in [-0.2, -0.15) is 0 Å². The molecule has 1 aliphatic rings. The van der Waals surface area contributed by atoms with E-state index in [1.807, 2.05) is 19.9 Å². The quantitative estimate of drug-likeness (QED) is 0.819. The number of anilines is 2. The van der Waals surface area contributed by atoms with Gasteiger partial charge < -0.3 is 10.6 Å². The number of hydrogen-bond acceptors (Lipinski definition) is 5. The molecule has 0 atom stereocenters. The Labute approximate surface area is 135 Å². The molecule has 0 saturated carbocycles. The van der Waals surface area contributed by atoms with Crippen LogP contribution in [-0.4, -0.2) is 21.5 Å². The van der Waals surface area contributed by atoms with Gasteiger partial charge in [-0.25, -0.2) is 9.97 Å². The van der Waals surface area contributed by atoms with Gasteiger partial charge in [-0.15, -0.1) is 0 Å². The SMILES string of the molecule is Cc1nc(Cl)c(C)c(N2Cc3cc(N)cnc3C(C)(C)C2)n1. The average Bonchev–Trinajstić information content (AvgIpc) is 2.41. The van der Waals surface area contributed by atoms with Crippen LogP contribution < -0.4 is 10.6 Å². The molecule has 5 nitrogen and oxygen atoms in total. The van der Waals surface area contributed by atoms with Gasteiger partial charge in [0.15, 0.2) is 0 Å². The van der Waals surface area contributed by atoms with Crippen molar-refractivity contribution in [1.82, 2.24) is 15.0 Å². The van der Waals surface area contributed by atoms with Crippen LogP contribution in [0.2, 0.25) is 5.15 Å². The highest BCUT2D eigenvalue weighted by Gasteiger charge is 2.34. The van der Waals surface area contributed by atoms with E-state index in [2.05, 4.69) is 33.7 Å². The van der Waals surface area contributed by atoms with E-state index in [9.17, 15) is 0 Å². The van der Waals surface area contributed by atoms with Crippen molar-refractivity contribution in [2.45, 2.75) is 39.7 Å². The highest BCUT2D eigenvalue weighted by molar-refractivity contribution is 6.30. The van der Waals surface area contributed by atoms with Crippen molar-refractivity contribution < 1.29 is 0 Å². The highest BCUT2D eigenvalue weighted by Crippen LogP contribution is 2.36. The standard InChI is InChI=1S/C16H20ClN5/c1-9-14(17)20-10(2)21-15(9)22-7-11-5-12(18)6-19-13(11)16(3,4)8-22/h5-6H,7-8,18H2,1-4H3. The fraction of sp³-hybridized carbons (Fsp3) is 0.438. The van der Waals surface area contributed by atoms with Crippen molar-refractivity contribution in [3.05, 3.63) is 40.1 Å². The second-order valence-corrected chi connectivity index (χ2v) is 6.88. The minimum absolute atomic E-state index is 0.0843. The maximum Gasteiger partial charge on any atom is 0.137 e. The van der Waals surface area contributed by atoms with Crippen molar-refractivity contribution in [1.29, 1.82) is 0 Å². The van der Waals surface area contributed by atoms with Crippen LogP contribution >= 0.6 is 11.6 Å². The van der Waals surface area contributed by atoms with E-state index in [1.54, 1.807) is 6.20 Å². The summed E-state index contributed by atoms with van der Waals surface area (Å²) >= 11 is 6.22. The number of nitrogens with two attached hydrogens (primary N) is 1. The van der Waals surface area contributed by atoms with Crippen molar-refractivity contribution in [3.8, 4) is 0 Å². The van der Waals surface area contributed by atoms with Crippen LogP contribution in [0.1, 0.15) is 36.5 Å². The molecule has 0 unspecified atom stereocenters.